The Hall–Kier alpha value is -1.38. The van der Waals surface area contributed by atoms with Crippen molar-refractivity contribution in [3.8, 4) is 0 Å². The summed E-state index contributed by atoms with van der Waals surface area (Å²) in [5.41, 5.74) is 4.69. The second kappa shape index (κ2) is 5.78. The van der Waals surface area contributed by atoms with E-state index in [0.29, 0.717) is 17.6 Å². The molecule has 2 aliphatic carbocycles. The van der Waals surface area contributed by atoms with Crippen molar-refractivity contribution in [1.82, 2.24) is 4.98 Å². The average molecular weight is 287 g/mol. The van der Waals surface area contributed by atoms with Crippen molar-refractivity contribution in [2.45, 2.75) is 65.2 Å². The first kappa shape index (κ1) is 14.6. The van der Waals surface area contributed by atoms with E-state index < -0.39 is 0 Å². The smallest absolute Gasteiger partial charge is 0.339 e. The molecule has 3 nitrogen and oxygen atoms in total. The van der Waals surface area contributed by atoms with E-state index in [2.05, 4.69) is 13.0 Å². The van der Waals surface area contributed by atoms with Crippen molar-refractivity contribution in [3.05, 3.63) is 28.6 Å². The maximum absolute atomic E-state index is 12.2. The lowest BCUT2D eigenvalue weighted by Gasteiger charge is -2.45. The first-order valence-electron chi connectivity index (χ1n) is 8.36. The summed E-state index contributed by atoms with van der Waals surface area (Å²) in [5.74, 6) is -0.208. The predicted octanol–water partition coefficient (Wildman–Crippen LogP) is 3.87. The highest BCUT2D eigenvalue weighted by Gasteiger charge is 2.40. The van der Waals surface area contributed by atoms with Crippen LogP contribution in [0.25, 0.3) is 0 Å². The molecule has 0 saturated heterocycles. The van der Waals surface area contributed by atoms with Crippen LogP contribution in [0.15, 0.2) is 6.07 Å². The van der Waals surface area contributed by atoms with E-state index in [1.165, 1.54) is 36.9 Å². The molecule has 1 spiro atoms. The molecule has 0 radical (unpaired) electrons. The van der Waals surface area contributed by atoms with E-state index in [-0.39, 0.29) is 5.97 Å². The number of hydrogen-bond acceptors (Lipinski definition) is 3. The molecule has 1 heterocycles. The van der Waals surface area contributed by atoms with Gasteiger partial charge in [-0.1, -0.05) is 19.8 Å². The van der Waals surface area contributed by atoms with E-state index in [1.54, 1.807) is 0 Å². The van der Waals surface area contributed by atoms with Gasteiger partial charge in [0.25, 0.3) is 0 Å². The van der Waals surface area contributed by atoms with Crippen molar-refractivity contribution in [1.29, 1.82) is 0 Å². The van der Waals surface area contributed by atoms with Crippen molar-refractivity contribution < 1.29 is 9.53 Å². The van der Waals surface area contributed by atoms with Crippen LogP contribution in [0.4, 0.5) is 0 Å². The predicted molar refractivity (Wildman–Crippen MR) is 82.5 cm³/mol. The molecule has 1 aromatic rings. The zero-order valence-corrected chi connectivity index (χ0v) is 13.2. The lowest BCUT2D eigenvalue weighted by Crippen LogP contribution is -2.36. The first-order chi connectivity index (χ1) is 10.2. The zero-order valence-electron chi connectivity index (χ0n) is 13.2. The third-order valence-corrected chi connectivity index (χ3v) is 5.13. The molecule has 2 aliphatic rings. The van der Waals surface area contributed by atoms with Crippen LogP contribution < -0.4 is 0 Å². The molecule has 0 aliphatic heterocycles. The van der Waals surface area contributed by atoms with Gasteiger partial charge in [-0.15, -0.1) is 0 Å². The largest absolute Gasteiger partial charge is 0.462 e. The summed E-state index contributed by atoms with van der Waals surface area (Å²) in [6, 6.07) is 2.07. The Morgan fingerprint density at radius 3 is 2.76 bits per heavy atom. The quantitative estimate of drug-likeness (QED) is 0.789. The Bertz CT molecular complexity index is 546. The van der Waals surface area contributed by atoms with Crippen LogP contribution in [0.3, 0.4) is 0 Å². The highest BCUT2D eigenvalue weighted by atomic mass is 16.5. The number of pyridine rings is 1. The second-order valence-corrected chi connectivity index (χ2v) is 6.59. The van der Waals surface area contributed by atoms with Crippen LogP contribution in [0.2, 0.25) is 0 Å². The van der Waals surface area contributed by atoms with Crippen molar-refractivity contribution in [2.24, 2.45) is 5.41 Å². The van der Waals surface area contributed by atoms with Gasteiger partial charge < -0.3 is 4.74 Å². The molecule has 0 unspecified atom stereocenters. The molecule has 0 aromatic carbocycles. The van der Waals surface area contributed by atoms with Gasteiger partial charge in [-0.2, -0.15) is 0 Å². The number of aryl methyl sites for hydroxylation is 2. The Labute approximate surface area is 127 Å². The maximum Gasteiger partial charge on any atom is 0.339 e. The fraction of sp³-hybridized carbons (Fsp3) is 0.667. The minimum Gasteiger partial charge on any atom is -0.462 e. The number of carbonyl (C=O) groups excluding carboxylic acids is 1. The van der Waals surface area contributed by atoms with E-state index >= 15 is 0 Å². The van der Waals surface area contributed by atoms with Crippen LogP contribution >= 0.6 is 0 Å². The van der Waals surface area contributed by atoms with Crippen molar-refractivity contribution in [3.63, 3.8) is 0 Å². The van der Waals surface area contributed by atoms with E-state index in [0.717, 1.165) is 31.4 Å². The Morgan fingerprint density at radius 1 is 1.33 bits per heavy atom. The van der Waals surface area contributed by atoms with Gasteiger partial charge in [0.05, 0.1) is 17.9 Å². The van der Waals surface area contributed by atoms with Crippen LogP contribution in [0.5, 0.6) is 0 Å². The zero-order chi connectivity index (χ0) is 14.9. The summed E-state index contributed by atoms with van der Waals surface area (Å²) < 4.78 is 5.20. The molecule has 0 amide bonds. The van der Waals surface area contributed by atoms with Gasteiger partial charge in [0.2, 0.25) is 0 Å². The highest BCUT2D eigenvalue weighted by molar-refractivity contribution is 5.91. The first-order valence-corrected chi connectivity index (χ1v) is 8.36. The summed E-state index contributed by atoms with van der Waals surface area (Å²) in [6.45, 7) is 4.40. The molecule has 3 rings (SSSR count). The van der Waals surface area contributed by atoms with Gasteiger partial charge in [-0.25, -0.2) is 4.79 Å². The maximum atomic E-state index is 12.2. The Balaban J connectivity index is 1.93. The number of ether oxygens (including phenoxy) is 1. The van der Waals surface area contributed by atoms with Gasteiger partial charge in [0.15, 0.2) is 0 Å². The standard InChI is InChI=1S/C18H25NO2/c1-3-6-15-14(17(20)21-4-2)11-13-7-10-18(8-5-9-18)12-16(13)19-15/h11H,3-10,12H2,1-2H3. The topological polar surface area (TPSA) is 39.2 Å². The Kier molecular flexibility index (Phi) is 4.01. The second-order valence-electron chi connectivity index (χ2n) is 6.59. The Morgan fingerprint density at radius 2 is 2.14 bits per heavy atom. The summed E-state index contributed by atoms with van der Waals surface area (Å²) >= 11 is 0. The number of esters is 1. The molecule has 0 atom stereocenters. The number of rotatable bonds is 4. The molecule has 0 bridgehead atoms. The number of aromatic nitrogens is 1. The molecule has 1 aromatic heterocycles. The monoisotopic (exact) mass is 287 g/mol. The minimum absolute atomic E-state index is 0.208. The van der Waals surface area contributed by atoms with Crippen LogP contribution in [0, 0.1) is 5.41 Å². The van der Waals surface area contributed by atoms with Crippen molar-refractivity contribution in [2.75, 3.05) is 6.61 Å². The normalized spacial score (nSPS) is 19.0. The van der Waals surface area contributed by atoms with Gasteiger partial charge in [0.1, 0.15) is 0 Å². The lowest BCUT2D eigenvalue weighted by molar-refractivity contribution is 0.0524. The third kappa shape index (κ3) is 2.70. The molecule has 1 saturated carbocycles. The number of carbonyl (C=O) groups is 1. The number of nitrogens with zero attached hydrogens (tertiary/aromatic N) is 1. The van der Waals surface area contributed by atoms with E-state index in [1.807, 2.05) is 6.92 Å². The average Bonchev–Trinajstić information content (AvgIpc) is 2.45. The molecule has 21 heavy (non-hydrogen) atoms. The van der Waals surface area contributed by atoms with Gasteiger partial charge in [0, 0.05) is 5.69 Å². The molecule has 3 heteroatoms. The van der Waals surface area contributed by atoms with Crippen LogP contribution in [-0.2, 0) is 24.0 Å². The van der Waals surface area contributed by atoms with Gasteiger partial charge >= 0.3 is 5.97 Å². The minimum atomic E-state index is -0.208. The summed E-state index contributed by atoms with van der Waals surface area (Å²) in [7, 11) is 0. The van der Waals surface area contributed by atoms with E-state index in [4.69, 9.17) is 9.72 Å². The molecular formula is C18H25NO2. The lowest BCUT2D eigenvalue weighted by atomic mass is 9.60. The molecule has 1 fully saturated rings. The van der Waals surface area contributed by atoms with Crippen LogP contribution in [0.1, 0.15) is 73.3 Å². The SMILES string of the molecule is CCCc1nc2c(cc1C(=O)OCC)CCC1(CCC1)C2. The third-order valence-electron chi connectivity index (χ3n) is 5.13. The van der Waals surface area contributed by atoms with E-state index in [9.17, 15) is 4.79 Å². The fourth-order valence-electron chi connectivity index (χ4n) is 3.77. The van der Waals surface area contributed by atoms with Crippen molar-refractivity contribution >= 4 is 5.97 Å². The number of fused-ring (bicyclic) bond motifs is 1. The van der Waals surface area contributed by atoms with Gasteiger partial charge in [-0.3, -0.25) is 4.98 Å². The molecule has 0 N–H and O–H groups in total. The highest BCUT2D eigenvalue weighted by Crippen LogP contribution is 2.50. The fourth-order valence-corrected chi connectivity index (χ4v) is 3.77. The molecule has 114 valence electrons. The number of hydrogen-bond donors (Lipinski definition) is 0. The summed E-state index contributed by atoms with van der Waals surface area (Å²) in [4.78, 5) is 17.0. The summed E-state index contributed by atoms with van der Waals surface area (Å²) in [5, 5.41) is 0. The van der Waals surface area contributed by atoms with Gasteiger partial charge in [-0.05, 0) is 62.5 Å². The summed E-state index contributed by atoms with van der Waals surface area (Å²) in [6.07, 6.45) is 9.39. The molecular weight excluding hydrogens is 262 g/mol. The van der Waals surface area contributed by atoms with Crippen LogP contribution in [-0.4, -0.2) is 17.6 Å².